The number of carbonyl (C=O) groups excluding carboxylic acids is 2. The Labute approximate surface area is 105 Å². The van der Waals surface area contributed by atoms with E-state index in [0.717, 1.165) is 0 Å². The highest BCUT2D eigenvalue weighted by Gasteiger charge is 2.12. The van der Waals surface area contributed by atoms with Gasteiger partial charge in [-0.05, 0) is 37.6 Å². The van der Waals surface area contributed by atoms with Gasteiger partial charge in [0.25, 0.3) is 0 Å². The molecule has 0 aromatic heterocycles. The van der Waals surface area contributed by atoms with Crippen molar-refractivity contribution in [1.29, 1.82) is 0 Å². The van der Waals surface area contributed by atoms with Crippen LogP contribution in [-0.4, -0.2) is 11.9 Å². The molecule has 0 fully saturated rings. The molecule has 0 aliphatic heterocycles. The molecule has 0 N–H and O–H groups in total. The minimum Gasteiger partial charge on any atom is -0.386 e. The summed E-state index contributed by atoms with van der Waals surface area (Å²) in [7, 11) is 0. The molecule has 3 nitrogen and oxygen atoms in total. The smallest absolute Gasteiger partial charge is 0.341 e. The molecule has 0 radical (unpaired) electrons. The molecule has 1 aromatic carbocycles. The molecule has 1 rings (SSSR count). The van der Waals surface area contributed by atoms with Crippen LogP contribution in [-0.2, 0) is 14.3 Å². The molecule has 1 aromatic rings. The van der Waals surface area contributed by atoms with Crippen molar-refractivity contribution in [3.63, 3.8) is 0 Å². The molecule has 0 aliphatic rings. The molecule has 0 saturated heterocycles. The molecule has 0 aliphatic carbocycles. The van der Waals surface area contributed by atoms with E-state index in [4.69, 9.17) is 0 Å². The fourth-order valence-corrected chi connectivity index (χ4v) is 1.12. The summed E-state index contributed by atoms with van der Waals surface area (Å²) in [5.74, 6) is -1.86. The molecule has 0 atom stereocenters. The normalized spacial score (nSPS) is 10.9. The van der Waals surface area contributed by atoms with Crippen molar-refractivity contribution in [3.05, 3.63) is 53.4 Å². The largest absolute Gasteiger partial charge is 0.386 e. The zero-order valence-corrected chi connectivity index (χ0v) is 10.2. The van der Waals surface area contributed by atoms with E-state index in [1.165, 1.54) is 44.2 Å². The summed E-state index contributed by atoms with van der Waals surface area (Å²) in [6.45, 7) is 6.34. The molecule has 0 unspecified atom stereocenters. The molecular weight excluding hydrogens is 235 g/mol. The van der Waals surface area contributed by atoms with Gasteiger partial charge in [-0.25, -0.2) is 14.0 Å². The van der Waals surface area contributed by atoms with Crippen LogP contribution in [0, 0.1) is 5.82 Å². The number of hydrogen-bond donors (Lipinski definition) is 0. The van der Waals surface area contributed by atoms with Gasteiger partial charge in [-0.2, -0.15) is 0 Å². The van der Waals surface area contributed by atoms with Crippen molar-refractivity contribution in [2.75, 3.05) is 0 Å². The lowest BCUT2D eigenvalue weighted by Crippen LogP contribution is -2.13. The molecule has 0 bridgehead atoms. The fourth-order valence-electron chi connectivity index (χ4n) is 1.12. The Morgan fingerprint density at radius 2 is 1.72 bits per heavy atom. The van der Waals surface area contributed by atoms with Crippen molar-refractivity contribution >= 4 is 18.0 Å². The minimum atomic E-state index is -0.758. The lowest BCUT2D eigenvalue weighted by Gasteiger charge is -2.02. The van der Waals surface area contributed by atoms with Gasteiger partial charge in [0.1, 0.15) is 5.82 Å². The van der Waals surface area contributed by atoms with E-state index in [0.29, 0.717) is 5.56 Å². The van der Waals surface area contributed by atoms with Gasteiger partial charge in [0, 0.05) is 11.1 Å². The Balaban J connectivity index is 2.77. The highest BCUT2D eigenvalue weighted by atomic mass is 19.1. The van der Waals surface area contributed by atoms with E-state index in [-0.39, 0.29) is 17.0 Å². The van der Waals surface area contributed by atoms with E-state index in [9.17, 15) is 14.0 Å². The van der Waals surface area contributed by atoms with E-state index in [2.05, 4.69) is 11.3 Å². The third kappa shape index (κ3) is 3.97. The maximum absolute atomic E-state index is 12.7. The van der Waals surface area contributed by atoms with Crippen molar-refractivity contribution in [2.45, 2.75) is 13.8 Å². The first-order chi connectivity index (χ1) is 8.40. The molecule has 0 saturated carbocycles. The Hall–Kier alpha value is -2.23. The monoisotopic (exact) mass is 248 g/mol. The summed E-state index contributed by atoms with van der Waals surface area (Å²) in [5.41, 5.74) is 1.04. The van der Waals surface area contributed by atoms with Gasteiger partial charge in [-0.1, -0.05) is 18.7 Å². The summed E-state index contributed by atoms with van der Waals surface area (Å²) >= 11 is 0. The Kier molecular flexibility index (Phi) is 4.54. The highest BCUT2D eigenvalue weighted by Crippen LogP contribution is 2.09. The predicted octanol–water partition coefficient (Wildman–Crippen LogP) is 2.87. The number of halogens is 1. The Bertz CT molecular complexity index is 512. The molecule has 0 heterocycles. The summed E-state index contributed by atoms with van der Waals surface area (Å²) in [6, 6.07) is 5.60. The van der Waals surface area contributed by atoms with E-state index < -0.39 is 11.9 Å². The number of esters is 2. The van der Waals surface area contributed by atoms with Crippen LogP contribution in [0.15, 0.2) is 42.0 Å². The maximum Gasteiger partial charge on any atom is 0.341 e. The average molecular weight is 248 g/mol. The average Bonchev–Trinajstić information content (AvgIpc) is 2.31. The van der Waals surface area contributed by atoms with E-state index >= 15 is 0 Å². The van der Waals surface area contributed by atoms with Gasteiger partial charge >= 0.3 is 11.9 Å². The third-order valence-corrected chi connectivity index (χ3v) is 2.11. The summed E-state index contributed by atoms with van der Waals surface area (Å²) in [4.78, 5) is 22.6. The third-order valence-electron chi connectivity index (χ3n) is 2.11. The highest BCUT2D eigenvalue weighted by molar-refractivity contribution is 6.03. The number of ether oxygens (including phenoxy) is 1. The minimum absolute atomic E-state index is 0.151. The first-order valence-electron chi connectivity index (χ1n) is 5.26. The molecular formula is C14H13FO3. The standard InChI is InChI=1S/C14H13FO3/c1-9(2)13(16)18-14(17)10(3)8-11-4-6-12(15)7-5-11/h4-8H,1H2,2-3H3. The zero-order chi connectivity index (χ0) is 13.7. The SMILES string of the molecule is C=C(C)C(=O)OC(=O)C(C)=Cc1ccc(F)cc1. The van der Waals surface area contributed by atoms with Crippen molar-refractivity contribution in [2.24, 2.45) is 0 Å². The lowest BCUT2D eigenvalue weighted by atomic mass is 10.1. The first kappa shape index (κ1) is 13.8. The van der Waals surface area contributed by atoms with Crippen LogP contribution < -0.4 is 0 Å². The fraction of sp³-hybridized carbons (Fsp3) is 0.143. The van der Waals surface area contributed by atoms with Crippen molar-refractivity contribution in [1.82, 2.24) is 0 Å². The summed E-state index contributed by atoms with van der Waals surface area (Å²) in [6.07, 6.45) is 1.51. The second-order valence-corrected chi connectivity index (χ2v) is 3.84. The summed E-state index contributed by atoms with van der Waals surface area (Å²) in [5, 5.41) is 0. The van der Waals surface area contributed by atoms with Gasteiger partial charge in [0.2, 0.25) is 0 Å². The van der Waals surface area contributed by atoms with Crippen molar-refractivity contribution < 1.29 is 18.7 Å². The van der Waals surface area contributed by atoms with Gasteiger partial charge in [0.05, 0.1) is 0 Å². The van der Waals surface area contributed by atoms with Crippen LogP contribution in [0.4, 0.5) is 4.39 Å². The Morgan fingerprint density at radius 3 is 2.22 bits per heavy atom. The second-order valence-electron chi connectivity index (χ2n) is 3.84. The summed E-state index contributed by atoms with van der Waals surface area (Å²) < 4.78 is 17.2. The van der Waals surface area contributed by atoms with Crippen LogP contribution in [0.3, 0.4) is 0 Å². The molecule has 0 spiro atoms. The topological polar surface area (TPSA) is 43.4 Å². The quantitative estimate of drug-likeness (QED) is 0.469. The van der Waals surface area contributed by atoms with Gasteiger partial charge in [-0.3, -0.25) is 0 Å². The van der Waals surface area contributed by atoms with Crippen LogP contribution in [0.1, 0.15) is 19.4 Å². The maximum atomic E-state index is 12.7. The molecule has 4 heteroatoms. The van der Waals surface area contributed by atoms with Crippen LogP contribution >= 0.6 is 0 Å². The number of benzene rings is 1. The lowest BCUT2D eigenvalue weighted by molar-refractivity contribution is -0.153. The van der Waals surface area contributed by atoms with Crippen LogP contribution in [0.5, 0.6) is 0 Å². The molecule has 18 heavy (non-hydrogen) atoms. The van der Waals surface area contributed by atoms with Crippen LogP contribution in [0.2, 0.25) is 0 Å². The number of carbonyl (C=O) groups is 2. The zero-order valence-electron chi connectivity index (χ0n) is 10.2. The Morgan fingerprint density at radius 1 is 1.17 bits per heavy atom. The predicted molar refractivity (Wildman–Crippen MR) is 66.0 cm³/mol. The van der Waals surface area contributed by atoms with Gasteiger partial charge in [0.15, 0.2) is 0 Å². The molecule has 94 valence electrons. The van der Waals surface area contributed by atoms with Crippen molar-refractivity contribution in [3.8, 4) is 0 Å². The molecule has 0 amide bonds. The first-order valence-corrected chi connectivity index (χ1v) is 5.26. The van der Waals surface area contributed by atoms with Crippen LogP contribution in [0.25, 0.3) is 6.08 Å². The second kappa shape index (κ2) is 5.91. The number of rotatable bonds is 3. The van der Waals surface area contributed by atoms with Gasteiger partial charge < -0.3 is 4.74 Å². The van der Waals surface area contributed by atoms with E-state index in [1.807, 2.05) is 0 Å². The van der Waals surface area contributed by atoms with Gasteiger partial charge in [-0.15, -0.1) is 0 Å². The number of hydrogen-bond acceptors (Lipinski definition) is 3. The van der Waals surface area contributed by atoms with E-state index in [1.54, 1.807) is 0 Å².